The van der Waals surface area contributed by atoms with Gasteiger partial charge in [-0.05, 0) is 41.3 Å². The molecule has 3 aromatic carbocycles. The van der Waals surface area contributed by atoms with Gasteiger partial charge < -0.3 is 0 Å². The van der Waals surface area contributed by atoms with E-state index in [1.807, 2.05) is 15.2 Å². The highest BCUT2D eigenvalue weighted by atomic mass is 127. The van der Waals surface area contributed by atoms with Crippen molar-refractivity contribution in [3.05, 3.63) is 71.8 Å². The molecule has 4 rings (SSSR count). The first-order valence-electron chi connectivity index (χ1n) is 9.15. The molecule has 0 aliphatic rings. The van der Waals surface area contributed by atoms with Crippen LogP contribution in [0.15, 0.2) is 60.7 Å². The molecule has 0 spiro atoms. The zero-order valence-corrected chi connectivity index (χ0v) is 19.1. The number of alkyl halides is 3. The van der Waals surface area contributed by atoms with Crippen LogP contribution in [-0.4, -0.2) is 0 Å². The van der Waals surface area contributed by atoms with Gasteiger partial charge in [-0.25, -0.2) is 0 Å². The molecule has 0 saturated heterocycles. The van der Waals surface area contributed by atoms with Crippen LogP contribution in [-0.2, 0) is 11.6 Å². The van der Waals surface area contributed by atoms with Gasteiger partial charge in [-0.3, -0.25) is 3.11 Å². The fourth-order valence-corrected chi connectivity index (χ4v) is 5.89. The van der Waals surface area contributed by atoms with Crippen molar-refractivity contribution in [1.82, 2.24) is 0 Å². The average Bonchev–Trinajstić information content (AvgIpc) is 3.04. The van der Waals surface area contributed by atoms with Crippen LogP contribution in [0.1, 0.15) is 31.9 Å². The Morgan fingerprint density at radius 3 is 1.97 bits per heavy atom. The molecule has 1 aromatic heterocycles. The fourth-order valence-electron chi connectivity index (χ4n) is 3.47. The van der Waals surface area contributed by atoms with Crippen molar-refractivity contribution >= 4 is 65.7 Å². The molecular formula is C23H19F3INS. The van der Waals surface area contributed by atoms with Gasteiger partial charge in [0.1, 0.15) is 0 Å². The third-order valence-electron chi connectivity index (χ3n) is 4.94. The molecule has 29 heavy (non-hydrogen) atoms. The van der Waals surface area contributed by atoms with Gasteiger partial charge in [-0.15, -0.1) is 11.3 Å². The minimum atomic E-state index is -4.33. The van der Waals surface area contributed by atoms with E-state index in [2.05, 4.69) is 67.9 Å². The molecule has 4 aromatic rings. The van der Waals surface area contributed by atoms with E-state index in [9.17, 15) is 13.2 Å². The first-order chi connectivity index (χ1) is 13.6. The summed E-state index contributed by atoms with van der Waals surface area (Å²) in [5, 5.41) is 2.39. The van der Waals surface area contributed by atoms with E-state index < -0.39 is 11.7 Å². The first kappa shape index (κ1) is 20.5. The Labute approximate surface area is 185 Å². The lowest BCUT2D eigenvalue weighted by Crippen LogP contribution is -2.10. The molecule has 0 aliphatic carbocycles. The van der Waals surface area contributed by atoms with Crippen LogP contribution < -0.4 is 3.11 Å². The molecule has 1 heterocycles. The van der Waals surface area contributed by atoms with E-state index in [0.717, 1.165) is 22.5 Å². The number of benzene rings is 3. The highest BCUT2D eigenvalue weighted by Crippen LogP contribution is 2.45. The normalized spacial score (nSPS) is 12.7. The quantitative estimate of drug-likeness (QED) is 0.187. The number of rotatable bonds is 2. The molecule has 6 heteroatoms. The molecule has 0 aliphatic heterocycles. The molecule has 0 atom stereocenters. The van der Waals surface area contributed by atoms with Crippen molar-refractivity contribution in [2.24, 2.45) is 0 Å². The van der Waals surface area contributed by atoms with Crippen LogP contribution in [0.4, 0.5) is 24.5 Å². The van der Waals surface area contributed by atoms with Crippen LogP contribution in [0.5, 0.6) is 0 Å². The van der Waals surface area contributed by atoms with Gasteiger partial charge in [0.05, 0.1) is 44.5 Å². The minimum absolute atomic E-state index is 0.0258. The molecule has 0 fully saturated rings. The topological polar surface area (TPSA) is 3.24 Å². The third-order valence-corrected chi connectivity index (χ3v) is 7.30. The van der Waals surface area contributed by atoms with E-state index in [4.69, 9.17) is 0 Å². The van der Waals surface area contributed by atoms with Crippen LogP contribution in [0.25, 0.3) is 20.2 Å². The van der Waals surface area contributed by atoms with Gasteiger partial charge in [0.2, 0.25) is 0 Å². The van der Waals surface area contributed by atoms with Gasteiger partial charge in [-0.2, -0.15) is 13.2 Å². The SMILES string of the molecule is CC(C)(C)c1cccc2c1sc1c(N(I)c3ccc(C(F)(F)F)cc3)cccc12. The molecule has 1 nitrogen and oxygen atoms in total. The van der Waals surface area contributed by atoms with E-state index in [-0.39, 0.29) is 5.41 Å². The van der Waals surface area contributed by atoms with Crippen LogP contribution in [0.2, 0.25) is 0 Å². The van der Waals surface area contributed by atoms with E-state index in [0.29, 0.717) is 5.69 Å². The van der Waals surface area contributed by atoms with Gasteiger partial charge in [0.25, 0.3) is 0 Å². The summed E-state index contributed by atoms with van der Waals surface area (Å²) < 4.78 is 43.0. The molecule has 0 N–H and O–H groups in total. The molecule has 0 saturated carbocycles. The van der Waals surface area contributed by atoms with Crippen molar-refractivity contribution in [1.29, 1.82) is 0 Å². The standard InChI is InChI=1S/C23H19F3INS/c1-22(2,3)18-8-4-6-16-17-7-5-9-19(21(17)29-20(16)18)28(27)15-12-10-14(11-13-15)23(24,25)26/h4-13H,1-3H3. The molecule has 0 bridgehead atoms. The number of nitrogens with zero attached hydrogens (tertiary/aromatic N) is 1. The number of hydrogen-bond acceptors (Lipinski definition) is 2. The van der Waals surface area contributed by atoms with Gasteiger partial charge in [0.15, 0.2) is 0 Å². The zero-order valence-electron chi connectivity index (χ0n) is 16.1. The lowest BCUT2D eigenvalue weighted by atomic mass is 9.86. The Morgan fingerprint density at radius 1 is 0.793 bits per heavy atom. The summed E-state index contributed by atoms with van der Waals surface area (Å²) in [7, 11) is 0. The maximum atomic E-state index is 12.9. The maximum Gasteiger partial charge on any atom is 0.416 e. The Kier molecular flexibility index (Phi) is 5.06. The molecule has 0 amide bonds. The van der Waals surface area contributed by atoms with E-state index in [1.165, 1.54) is 33.2 Å². The summed E-state index contributed by atoms with van der Waals surface area (Å²) in [6.07, 6.45) is -4.33. The smallest absolute Gasteiger partial charge is 0.282 e. The largest absolute Gasteiger partial charge is 0.416 e. The summed E-state index contributed by atoms with van der Waals surface area (Å²) in [5.41, 5.74) is 2.37. The van der Waals surface area contributed by atoms with Crippen LogP contribution >= 0.6 is 34.2 Å². The van der Waals surface area contributed by atoms with E-state index in [1.54, 1.807) is 11.3 Å². The van der Waals surface area contributed by atoms with Crippen molar-refractivity contribution in [2.75, 3.05) is 3.11 Å². The number of anilines is 2. The van der Waals surface area contributed by atoms with Crippen molar-refractivity contribution < 1.29 is 13.2 Å². The molecular weight excluding hydrogens is 506 g/mol. The lowest BCUT2D eigenvalue weighted by Gasteiger charge is -2.19. The van der Waals surface area contributed by atoms with Gasteiger partial charge >= 0.3 is 6.18 Å². The fraction of sp³-hybridized carbons (Fsp3) is 0.217. The summed E-state index contributed by atoms with van der Waals surface area (Å²) in [6, 6.07) is 17.8. The second-order valence-electron chi connectivity index (χ2n) is 8.01. The minimum Gasteiger partial charge on any atom is -0.282 e. The van der Waals surface area contributed by atoms with Crippen LogP contribution in [0.3, 0.4) is 0 Å². The highest BCUT2D eigenvalue weighted by Gasteiger charge is 2.30. The summed E-state index contributed by atoms with van der Waals surface area (Å²) >= 11 is 3.91. The summed E-state index contributed by atoms with van der Waals surface area (Å²) in [6.45, 7) is 6.62. The average molecular weight is 525 g/mol. The number of thiophene rings is 1. The zero-order chi connectivity index (χ0) is 21.0. The number of hydrogen-bond donors (Lipinski definition) is 0. The van der Waals surface area contributed by atoms with Crippen molar-refractivity contribution in [3.63, 3.8) is 0 Å². The highest BCUT2D eigenvalue weighted by molar-refractivity contribution is 14.1. The Morgan fingerprint density at radius 2 is 1.38 bits per heavy atom. The second kappa shape index (κ2) is 7.16. The first-order valence-corrected chi connectivity index (χ1v) is 10.9. The Balaban J connectivity index is 1.86. The monoisotopic (exact) mass is 525 g/mol. The predicted molar refractivity (Wildman–Crippen MR) is 126 cm³/mol. The lowest BCUT2D eigenvalue weighted by molar-refractivity contribution is -0.137. The maximum absolute atomic E-state index is 12.9. The molecule has 0 unspecified atom stereocenters. The molecule has 0 radical (unpaired) electrons. The Hall–Kier alpha value is -1.80. The van der Waals surface area contributed by atoms with Gasteiger partial charge in [0, 0.05) is 15.5 Å². The van der Waals surface area contributed by atoms with Crippen molar-refractivity contribution in [3.8, 4) is 0 Å². The number of halogens is 4. The predicted octanol–water partition coefficient (Wildman–Crippen LogP) is 8.86. The number of fused-ring (bicyclic) bond motifs is 3. The Bertz CT molecular complexity index is 1190. The molecule has 150 valence electrons. The second-order valence-corrected chi connectivity index (χ2v) is 10.00. The van der Waals surface area contributed by atoms with Gasteiger partial charge in [-0.1, -0.05) is 51.1 Å². The van der Waals surface area contributed by atoms with Crippen LogP contribution in [0, 0.1) is 0 Å². The third kappa shape index (κ3) is 3.72. The summed E-state index contributed by atoms with van der Waals surface area (Å²) in [4.78, 5) is 0. The van der Waals surface area contributed by atoms with E-state index >= 15 is 0 Å². The van der Waals surface area contributed by atoms with Crippen molar-refractivity contribution in [2.45, 2.75) is 32.4 Å². The summed E-state index contributed by atoms with van der Waals surface area (Å²) in [5.74, 6) is 0.